The molecule has 7 nitrogen and oxygen atoms in total. The van der Waals surface area contributed by atoms with Crippen LogP contribution >= 0.6 is 0 Å². The lowest BCUT2D eigenvalue weighted by Gasteiger charge is -2.15. The summed E-state index contributed by atoms with van der Waals surface area (Å²) in [4.78, 5) is 38.0. The molecule has 4 rings (SSSR count). The number of rotatable bonds is 5. The van der Waals surface area contributed by atoms with E-state index in [1.807, 2.05) is 19.1 Å². The zero-order valence-electron chi connectivity index (χ0n) is 15.3. The minimum absolute atomic E-state index is 0.0487. The number of nitrogens with zero attached hydrogens (tertiary/aromatic N) is 1. The molecule has 3 aromatic rings. The van der Waals surface area contributed by atoms with Crippen LogP contribution in [0.2, 0.25) is 0 Å². The quantitative estimate of drug-likeness (QED) is 0.499. The molecule has 1 aliphatic heterocycles. The first kappa shape index (κ1) is 18.0. The number of benzene rings is 1. The van der Waals surface area contributed by atoms with E-state index in [9.17, 15) is 14.4 Å². The van der Waals surface area contributed by atoms with Crippen LogP contribution in [0.15, 0.2) is 56.3 Å². The van der Waals surface area contributed by atoms with E-state index in [0.717, 1.165) is 10.9 Å². The first-order valence-electron chi connectivity index (χ1n) is 9.00. The number of hydrogen-bond acceptors (Lipinski definition) is 6. The fraction of sp³-hybridized carbons (Fsp3) is 0.286. The maximum absolute atomic E-state index is 12.5. The lowest BCUT2D eigenvalue weighted by Crippen LogP contribution is -2.26. The van der Waals surface area contributed by atoms with Gasteiger partial charge in [0.1, 0.15) is 18.0 Å². The summed E-state index contributed by atoms with van der Waals surface area (Å²) in [5.41, 5.74) is 1.51. The number of hydrogen-bond donors (Lipinski definition) is 0. The van der Waals surface area contributed by atoms with Gasteiger partial charge in [0.25, 0.3) is 0 Å². The fourth-order valence-electron chi connectivity index (χ4n) is 3.40. The van der Waals surface area contributed by atoms with Gasteiger partial charge in [-0.2, -0.15) is 0 Å². The van der Waals surface area contributed by atoms with Gasteiger partial charge in [0, 0.05) is 30.0 Å². The van der Waals surface area contributed by atoms with E-state index < -0.39 is 17.5 Å². The van der Waals surface area contributed by atoms with Gasteiger partial charge in [-0.3, -0.25) is 9.59 Å². The Morgan fingerprint density at radius 1 is 1.25 bits per heavy atom. The summed E-state index contributed by atoms with van der Waals surface area (Å²) in [6, 6.07) is 10.4. The van der Waals surface area contributed by atoms with E-state index in [-0.39, 0.29) is 25.5 Å². The standard InChI is InChI=1S/C21H19NO6/c1-13-4-5-17-15(9-20(24)28-18(17)7-13)12-27-21(25)14-8-19(23)22(10-14)11-16-3-2-6-26-16/h2-7,9,14H,8,10-12H2,1H3/t14-/m0/s1. The van der Waals surface area contributed by atoms with E-state index >= 15 is 0 Å². The topological polar surface area (TPSA) is 90.0 Å². The average Bonchev–Trinajstić information content (AvgIpc) is 3.29. The van der Waals surface area contributed by atoms with Gasteiger partial charge in [0.05, 0.1) is 18.7 Å². The minimum atomic E-state index is -0.531. The highest BCUT2D eigenvalue weighted by molar-refractivity contribution is 5.87. The second-order valence-electron chi connectivity index (χ2n) is 6.95. The van der Waals surface area contributed by atoms with Crippen LogP contribution in [0.5, 0.6) is 0 Å². The second-order valence-corrected chi connectivity index (χ2v) is 6.95. The van der Waals surface area contributed by atoms with Gasteiger partial charge in [-0.25, -0.2) is 4.79 Å². The molecule has 1 amide bonds. The molecule has 1 saturated heterocycles. The van der Waals surface area contributed by atoms with Gasteiger partial charge < -0.3 is 18.5 Å². The Labute approximate surface area is 160 Å². The summed E-state index contributed by atoms with van der Waals surface area (Å²) in [5.74, 6) is -0.431. The molecule has 7 heteroatoms. The molecule has 0 spiro atoms. The third-order valence-electron chi connectivity index (χ3n) is 4.83. The third-order valence-corrected chi connectivity index (χ3v) is 4.83. The highest BCUT2D eigenvalue weighted by Crippen LogP contribution is 2.23. The van der Waals surface area contributed by atoms with Crippen molar-refractivity contribution in [3.05, 3.63) is 70.0 Å². The first-order valence-corrected chi connectivity index (χ1v) is 9.00. The van der Waals surface area contributed by atoms with Crippen LogP contribution in [0.1, 0.15) is 23.3 Å². The number of carbonyl (C=O) groups is 2. The molecule has 144 valence electrons. The average molecular weight is 381 g/mol. The SMILES string of the molecule is Cc1ccc2c(COC(=O)[C@H]3CC(=O)N(Cc4ccco4)C3)cc(=O)oc2c1. The van der Waals surface area contributed by atoms with Gasteiger partial charge in [-0.05, 0) is 30.7 Å². The molecular weight excluding hydrogens is 362 g/mol. The Morgan fingerprint density at radius 3 is 2.89 bits per heavy atom. The normalized spacial score (nSPS) is 16.7. The summed E-state index contributed by atoms with van der Waals surface area (Å²) in [5, 5.41) is 0.722. The molecule has 0 bridgehead atoms. The van der Waals surface area contributed by atoms with Crippen molar-refractivity contribution in [2.75, 3.05) is 6.54 Å². The van der Waals surface area contributed by atoms with Crippen molar-refractivity contribution in [1.82, 2.24) is 4.90 Å². The molecule has 1 atom stereocenters. The number of furan rings is 1. The fourth-order valence-corrected chi connectivity index (χ4v) is 3.40. The zero-order valence-corrected chi connectivity index (χ0v) is 15.3. The van der Waals surface area contributed by atoms with E-state index in [4.69, 9.17) is 13.6 Å². The molecule has 0 saturated carbocycles. The molecule has 2 aromatic heterocycles. The summed E-state index contributed by atoms with van der Waals surface area (Å²) < 4.78 is 15.9. The summed E-state index contributed by atoms with van der Waals surface area (Å²) in [7, 11) is 0. The van der Waals surface area contributed by atoms with Crippen molar-refractivity contribution in [3.63, 3.8) is 0 Å². The third kappa shape index (κ3) is 3.69. The van der Waals surface area contributed by atoms with Crippen molar-refractivity contribution in [3.8, 4) is 0 Å². The van der Waals surface area contributed by atoms with Gasteiger partial charge in [0.2, 0.25) is 5.91 Å². The van der Waals surface area contributed by atoms with Crippen molar-refractivity contribution in [2.24, 2.45) is 5.92 Å². The Kier molecular flexibility index (Phi) is 4.73. The second kappa shape index (κ2) is 7.34. The van der Waals surface area contributed by atoms with E-state index in [0.29, 0.717) is 23.5 Å². The highest BCUT2D eigenvalue weighted by atomic mass is 16.5. The van der Waals surface area contributed by atoms with Crippen molar-refractivity contribution >= 4 is 22.8 Å². The Balaban J connectivity index is 1.43. The first-order chi connectivity index (χ1) is 13.5. The Hall–Kier alpha value is -3.35. The van der Waals surface area contributed by atoms with Crippen LogP contribution in [0.25, 0.3) is 11.0 Å². The van der Waals surface area contributed by atoms with Gasteiger partial charge in [0.15, 0.2) is 0 Å². The molecule has 1 fully saturated rings. The maximum atomic E-state index is 12.5. The van der Waals surface area contributed by atoms with E-state index in [2.05, 4.69) is 0 Å². The summed E-state index contributed by atoms with van der Waals surface area (Å²) in [6.45, 7) is 2.47. The van der Waals surface area contributed by atoms with Gasteiger partial charge in [-0.1, -0.05) is 12.1 Å². The van der Waals surface area contributed by atoms with Gasteiger partial charge in [-0.15, -0.1) is 0 Å². The maximum Gasteiger partial charge on any atom is 0.336 e. The molecule has 0 N–H and O–H groups in total. The summed E-state index contributed by atoms with van der Waals surface area (Å²) >= 11 is 0. The molecule has 1 aromatic carbocycles. The molecule has 0 unspecified atom stereocenters. The predicted octanol–water partition coefficient (Wildman–Crippen LogP) is 2.79. The van der Waals surface area contributed by atoms with E-state index in [1.165, 1.54) is 6.07 Å². The molecule has 0 radical (unpaired) electrons. The van der Waals surface area contributed by atoms with Gasteiger partial charge >= 0.3 is 11.6 Å². The van der Waals surface area contributed by atoms with Crippen LogP contribution < -0.4 is 5.63 Å². The minimum Gasteiger partial charge on any atom is -0.467 e. The molecule has 0 aliphatic carbocycles. The number of esters is 1. The monoisotopic (exact) mass is 381 g/mol. The zero-order chi connectivity index (χ0) is 19.7. The van der Waals surface area contributed by atoms with Crippen molar-refractivity contribution in [2.45, 2.75) is 26.5 Å². The number of amides is 1. The lowest BCUT2D eigenvalue weighted by molar-refractivity contribution is -0.149. The largest absolute Gasteiger partial charge is 0.467 e. The van der Waals surface area contributed by atoms with Crippen molar-refractivity contribution in [1.29, 1.82) is 0 Å². The Bertz CT molecular complexity index is 1080. The number of likely N-dealkylation sites (tertiary alicyclic amines) is 1. The van der Waals surface area contributed by atoms with Crippen LogP contribution in [0.4, 0.5) is 0 Å². The lowest BCUT2D eigenvalue weighted by atomic mass is 10.1. The number of fused-ring (bicyclic) bond motifs is 1. The summed E-state index contributed by atoms with van der Waals surface area (Å²) in [6.07, 6.45) is 1.65. The van der Waals surface area contributed by atoms with Crippen LogP contribution in [-0.2, 0) is 27.5 Å². The Morgan fingerprint density at radius 2 is 2.11 bits per heavy atom. The molecular formula is C21H19NO6. The molecule has 3 heterocycles. The number of carbonyl (C=O) groups excluding carboxylic acids is 2. The van der Waals surface area contributed by atoms with Crippen molar-refractivity contribution < 1.29 is 23.2 Å². The number of aryl methyl sites for hydroxylation is 1. The van der Waals surface area contributed by atoms with E-state index in [1.54, 1.807) is 29.4 Å². The van der Waals surface area contributed by atoms with Crippen LogP contribution in [-0.4, -0.2) is 23.3 Å². The predicted molar refractivity (Wildman–Crippen MR) is 99.2 cm³/mol. The van der Waals surface area contributed by atoms with Crippen LogP contribution in [0, 0.1) is 12.8 Å². The molecule has 1 aliphatic rings. The smallest absolute Gasteiger partial charge is 0.336 e. The van der Waals surface area contributed by atoms with Crippen LogP contribution in [0.3, 0.4) is 0 Å². The number of ether oxygens (including phenoxy) is 1. The molecule has 28 heavy (non-hydrogen) atoms. The highest BCUT2D eigenvalue weighted by Gasteiger charge is 2.35.